The third-order valence-corrected chi connectivity index (χ3v) is 4.32. The molecule has 0 bridgehead atoms. The fraction of sp³-hybridized carbons (Fsp3) is 0.364. The molecular weight excluding hydrogens is 258 g/mol. The minimum atomic E-state index is 0.276. The number of rotatable bonds is 2. The minimum absolute atomic E-state index is 0.276. The third kappa shape index (κ3) is 1.79. The Balaban J connectivity index is 2.08. The Bertz CT molecular complexity index is 575. The largest absolute Gasteiger partial charge is 0.297 e. The van der Waals surface area contributed by atoms with Crippen LogP contribution < -0.4 is 0 Å². The van der Waals surface area contributed by atoms with Crippen molar-refractivity contribution in [2.24, 2.45) is 0 Å². The van der Waals surface area contributed by atoms with E-state index in [9.17, 15) is 4.79 Å². The van der Waals surface area contributed by atoms with Crippen molar-refractivity contribution in [1.29, 1.82) is 0 Å². The van der Waals surface area contributed by atoms with Crippen LogP contribution in [0.5, 0.6) is 0 Å². The first-order chi connectivity index (χ1) is 8.29. The van der Waals surface area contributed by atoms with Crippen molar-refractivity contribution in [1.82, 2.24) is 14.5 Å². The predicted octanol–water partition coefficient (Wildman–Crippen LogP) is 2.67. The number of hydrogen-bond acceptors (Lipinski definition) is 4. The average molecular weight is 268 g/mol. The van der Waals surface area contributed by atoms with Gasteiger partial charge in [0, 0.05) is 5.69 Å². The third-order valence-electron chi connectivity index (χ3n) is 2.94. The summed E-state index contributed by atoms with van der Waals surface area (Å²) < 4.78 is 1.96. The Hall–Kier alpha value is -1.20. The van der Waals surface area contributed by atoms with E-state index in [-0.39, 0.29) is 5.15 Å². The summed E-state index contributed by atoms with van der Waals surface area (Å²) in [7, 11) is 0. The molecular formula is C11H10ClN3OS. The van der Waals surface area contributed by atoms with E-state index in [2.05, 4.69) is 9.97 Å². The maximum absolute atomic E-state index is 10.8. The molecule has 1 aliphatic carbocycles. The molecule has 2 aromatic rings. The molecule has 88 valence electrons. The molecule has 0 N–H and O–H groups in total. The quantitative estimate of drug-likeness (QED) is 0.786. The molecule has 1 aliphatic rings. The van der Waals surface area contributed by atoms with Crippen molar-refractivity contribution < 1.29 is 4.79 Å². The molecule has 0 spiro atoms. The number of aromatic nitrogens is 3. The zero-order chi connectivity index (χ0) is 11.8. The summed E-state index contributed by atoms with van der Waals surface area (Å²) in [6.45, 7) is 0. The van der Waals surface area contributed by atoms with E-state index in [0.717, 1.165) is 30.0 Å². The van der Waals surface area contributed by atoms with Gasteiger partial charge >= 0.3 is 0 Å². The number of imidazole rings is 1. The van der Waals surface area contributed by atoms with Crippen molar-refractivity contribution in [3.05, 3.63) is 27.7 Å². The number of thiazole rings is 1. The normalized spacial score (nSPS) is 14.6. The Morgan fingerprint density at radius 3 is 3.00 bits per heavy atom. The molecule has 0 aliphatic heterocycles. The van der Waals surface area contributed by atoms with Crippen molar-refractivity contribution in [2.75, 3.05) is 0 Å². The van der Waals surface area contributed by atoms with Gasteiger partial charge < -0.3 is 0 Å². The Labute approximate surface area is 107 Å². The molecule has 3 rings (SSSR count). The fourth-order valence-electron chi connectivity index (χ4n) is 2.11. The van der Waals surface area contributed by atoms with Crippen LogP contribution in [0.2, 0.25) is 5.15 Å². The average Bonchev–Trinajstić information content (AvgIpc) is 2.92. The summed E-state index contributed by atoms with van der Waals surface area (Å²) >= 11 is 7.18. The van der Waals surface area contributed by atoms with Crippen LogP contribution >= 0.6 is 22.9 Å². The van der Waals surface area contributed by atoms with Crippen LogP contribution in [0, 0.1) is 0 Å². The molecule has 17 heavy (non-hydrogen) atoms. The fourth-order valence-corrected chi connectivity index (χ4v) is 3.17. The molecule has 0 amide bonds. The molecule has 0 atom stereocenters. The van der Waals surface area contributed by atoms with Gasteiger partial charge in [0.2, 0.25) is 0 Å². The van der Waals surface area contributed by atoms with E-state index in [1.807, 2.05) is 4.57 Å². The van der Waals surface area contributed by atoms with Crippen LogP contribution in [0.4, 0.5) is 0 Å². The van der Waals surface area contributed by atoms with E-state index < -0.39 is 0 Å². The second-order valence-electron chi connectivity index (χ2n) is 3.98. The Kier molecular flexibility index (Phi) is 2.72. The van der Waals surface area contributed by atoms with Gasteiger partial charge in [-0.05, 0) is 25.7 Å². The molecule has 0 radical (unpaired) electrons. The van der Waals surface area contributed by atoms with E-state index in [1.165, 1.54) is 29.9 Å². The molecule has 6 heteroatoms. The van der Waals surface area contributed by atoms with Crippen molar-refractivity contribution in [3.8, 4) is 5.13 Å². The first-order valence-corrected chi connectivity index (χ1v) is 6.66. The van der Waals surface area contributed by atoms with Crippen molar-refractivity contribution >= 4 is 29.2 Å². The Morgan fingerprint density at radius 2 is 2.24 bits per heavy atom. The number of hydrogen-bond donors (Lipinski definition) is 0. The highest BCUT2D eigenvalue weighted by molar-refractivity contribution is 7.16. The summed E-state index contributed by atoms with van der Waals surface area (Å²) in [6.07, 6.45) is 6.94. The highest BCUT2D eigenvalue weighted by Gasteiger charge is 2.18. The minimum Gasteiger partial charge on any atom is -0.297 e. The zero-order valence-electron chi connectivity index (χ0n) is 9.02. The molecule has 2 heterocycles. The first kappa shape index (κ1) is 10.9. The first-order valence-electron chi connectivity index (χ1n) is 5.46. The van der Waals surface area contributed by atoms with Gasteiger partial charge in [-0.25, -0.2) is 9.97 Å². The molecule has 0 fully saturated rings. The van der Waals surface area contributed by atoms with Crippen LogP contribution in [-0.2, 0) is 12.8 Å². The SMILES string of the molecule is O=Cc1sc(-n2cnc3c2CCCC3)nc1Cl. The van der Waals surface area contributed by atoms with Gasteiger partial charge in [-0.15, -0.1) is 0 Å². The van der Waals surface area contributed by atoms with Gasteiger partial charge in [-0.2, -0.15) is 0 Å². The number of halogens is 1. The molecule has 0 unspecified atom stereocenters. The highest BCUT2D eigenvalue weighted by atomic mass is 35.5. The monoisotopic (exact) mass is 267 g/mol. The number of fused-ring (bicyclic) bond motifs is 1. The summed E-state index contributed by atoms with van der Waals surface area (Å²) in [5.74, 6) is 0. The highest BCUT2D eigenvalue weighted by Crippen LogP contribution is 2.28. The number of aldehydes is 1. The number of aryl methyl sites for hydroxylation is 1. The van der Waals surface area contributed by atoms with Gasteiger partial charge in [0.1, 0.15) is 11.2 Å². The predicted molar refractivity (Wildman–Crippen MR) is 66.3 cm³/mol. The summed E-state index contributed by atoms with van der Waals surface area (Å²) in [6, 6.07) is 0. The lowest BCUT2D eigenvalue weighted by atomic mass is 10.0. The number of nitrogens with zero attached hydrogens (tertiary/aromatic N) is 3. The molecule has 2 aromatic heterocycles. The van der Waals surface area contributed by atoms with Crippen LogP contribution in [0.1, 0.15) is 33.9 Å². The van der Waals surface area contributed by atoms with Gasteiger partial charge in [0.25, 0.3) is 0 Å². The Morgan fingerprint density at radius 1 is 1.41 bits per heavy atom. The maximum Gasteiger partial charge on any atom is 0.197 e. The van der Waals surface area contributed by atoms with Gasteiger partial charge in [0.05, 0.1) is 5.69 Å². The van der Waals surface area contributed by atoms with E-state index >= 15 is 0 Å². The zero-order valence-corrected chi connectivity index (χ0v) is 10.6. The van der Waals surface area contributed by atoms with Crippen molar-refractivity contribution in [2.45, 2.75) is 25.7 Å². The van der Waals surface area contributed by atoms with Crippen molar-refractivity contribution in [3.63, 3.8) is 0 Å². The van der Waals surface area contributed by atoms with Crippen LogP contribution in [-0.4, -0.2) is 20.8 Å². The van der Waals surface area contributed by atoms with Gasteiger partial charge in [-0.1, -0.05) is 22.9 Å². The molecule has 0 aromatic carbocycles. The van der Waals surface area contributed by atoms with Crippen LogP contribution in [0.3, 0.4) is 0 Å². The van der Waals surface area contributed by atoms with E-state index in [1.54, 1.807) is 6.33 Å². The van der Waals surface area contributed by atoms with E-state index in [4.69, 9.17) is 11.6 Å². The lowest BCUT2D eigenvalue weighted by Gasteiger charge is -2.11. The molecule has 0 saturated heterocycles. The topological polar surface area (TPSA) is 47.8 Å². The lowest BCUT2D eigenvalue weighted by molar-refractivity contribution is 0.112. The lowest BCUT2D eigenvalue weighted by Crippen LogP contribution is -2.06. The molecule has 4 nitrogen and oxygen atoms in total. The van der Waals surface area contributed by atoms with Gasteiger partial charge in [-0.3, -0.25) is 9.36 Å². The second kappa shape index (κ2) is 4.23. The maximum atomic E-state index is 10.8. The van der Waals surface area contributed by atoms with Crippen LogP contribution in [0.25, 0.3) is 5.13 Å². The second-order valence-corrected chi connectivity index (χ2v) is 5.35. The summed E-state index contributed by atoms with van der Waals surface area (Å²) in [5, 5.41) is 1.01. The van der Waals surface area contributed by atoms with Gasteiger partial charge in [0.15, 0.2) is 16.6 Å². The smallest absolute Gasteiger partial charge is 0.197 e. The standard InChI is InChI=1S/C11H10ClN3OS/c12-10-9(5-16)17-11(14-10)15-6-13-7-3-1-2-4-8(7)15/h5-6H,1-4H2. The number of carbonyl (C=O) groups is 1. The summed E-state index contributed by atoms with van der Waals surface area (Å²) in [4.78, 5) is 19.8. The van der Waals surface area contributed by atoms with Crippen LogP contribution in [0.15, 0.2) is 6.33 Å². The molecule has 0 saturated carbocycles. The summed E-state index contributed by atoms with van der Waals surface area (Å²) in [5.41, 5.74) is 2.36. The number of carbonyl (C=O) groups excluding carboxylic acids is 1. The van der Waals surface area contributed by atoms with E-state index in [0.29, 0.717) is 4.88 Å².